The molecule has 2 heterocycles. The highest BCUT2D eigenvalue weighted by atomic mass is 32.2. The summed E-state index contributed by atoms with van der Waals surface area (Å²) < 4.78 is 23.8. The number of hydrogen-bond donors (Lipinski definition) is 1. The average molecular weight is 304 g/mol. The lowest BCUT2D eigenvalue weighted by Gasteiger charge is -2.32. The third kappa shape index (κ3) is 3.91. The van der Waals surface area contributed by atoms with E-state index in [1.165, 1.54) is 4.31 Å². The first-order chi connectivity index (χ1) is 9.38. The van der Waals surface area contributed by atoms with Gasteiger partial charge in [0.1, 0.15) is 0 Å². The lowest BCUT2D eigenvalue weighted by atomic mass is 9.96. The molecule has 0 atom stereocenters. The molecular weight excluding hydrogens is 280 g/mol. The van der Waals surface area contributed by atoms with Crippen molar-refractivity contribution in [1.29, 1.82) is 0 Å². The van der Waals surface area contributed by atoms with E-state index in [-0.39, 0.29) is 11.8 Å². The van der Waals surface area contributed by atoms with Gasteiger partial charge in [-0.15, -0.1) is 0 Å². The molecule has 7 nitrogen and oxygen atoms in total. The van der Waals surface area contributed by atoms with Crippen LogP contribution in [0.3, 0.4) is 0 Å². The van der Waals surface area contributed by atoms with Crippen molar-refractivity contribution in [2.24, 2.45) is 11.1 Å². The van der Waals surface area contributed by atoms with Crippen LogP contribution in [0.2, 0.25) is 0 Å². The number of carbonyl (C=O) groups is 1. The summed E-state index contributed by atoms with van der Waals surface area (Å²) in [6, 6.07) is 0. The Hall–Kier alpha value is -0.700. The Morgan fingerprint density at radius 3 is 2.30 bits per heavy atom. The summed E-state index contributed by atoms with van der Waals surface area (Å²) >= 11 is 0. The first-order valence-corrected chi connectivity index (χ1v) is 8.63. The number of likely N-dealkylation sites (N-methyl/N-ethyl adjacent to an activating group) is 1. The molecule has 2 fully saturated rings. The summed E-state index contributed by atoms with van der Waals surface area (Å²) in [5.41, 5.74) is 0. The van der Waals surface area contributed by atoms with Gasteiger partial charge in [0.15, 0.2) is 0 Å². The maximum Gasteiger partial charge on any atom is 0.276 e. The van der Waals surface area contributed by atoms with Gasteiger partial charge < -0.3 is 9.80 Å². The fourth-order valence-electron chi connectivity index (χ4n) is 2.88. The predicted molar refractivity (Wildman–Crippen MR) is 76.1 cm³/mol. The Morgan fingerprint density at radius 1 is 1.05 bits per heavy atom. The van der Waals surface area contributed by atoms with Crippen LogP contribution < -0.4 is 5.14 Å². The minimum Gasteiger partial charge on any atom is -0.341 e. The largest absolute Gasteiger partial charge is 0.341 e. The van der Waals surface area contributed by atoms with Gasteiger partial charge in [-0.3, -0.25) is 4.79 Å². The highest BCUT2D eigenvalue weighted by Gasteiger charge is 2.32. The van der Waals surface area contributed by atoms with Crippen molar-refractivity contribution in [2.75, 3.05) is 46.3 Å². The molecule has 0 unspecified atom stereocenters. The minimum absolute atomic E-state index is 0.0589. The maximum atomic E-state index is 12.5. The Morgan fingerprint density at radius 2 is 1.70 bits per heavy atom. The third-order valence-corrected chi connectivity index (χ3v) is 5.28. The lowest BCUT2D eigenvalue weighted by molar-refractivity contribution is -0.136. The molecule has 2 saturated heterocycles. The summed E-state index contributed by atoms with van der Waals surface area (Å²) in [6.07, 6.45) is 2.14. The normalized spacial score (nSPS) is 24.6. The molecule has 0 saturated carbocycles. The van der Waals surface area contributed by atoms with Crippen molar-refractivity contribution in [3.8, 4) is 0 Å². The molecule has 0 spiro atoms. The second kappa shape index (κ2) is 6.38. The topological polar surface area (TPSA) is 86.9 Å². The number of nitrogens with zero attached hydrogens (tertiary/aromatic N) is 3. The quantitative estimate of drug-likeness (QED) is 0.714. The molecular formula is C12H24N4O3S. The Balaban J connectivity index is 1.88. The number of amides is 1. The molecule has 2 rings (SSSR count). The fourth-order valence-corrected chi connectivity index (χ4v) is 3.60. The van der Waals surface area contributed by atoms with Crippen LogP contribution in [0.1, 0.15) is 19.3 Å². The molecule has 20 heavy (non-hydrogen) atoms. The van der Waals surface area contributed by atoms with Crippen molar-refractivity contribution in [3.63, 3.8) is 0 Å². The highest BCUT2D eigenvalue weighted by molar-refractivity contribution is 7.86. The second-order valence-corrected chi connectivity index (χ2v) is 7.25. The number of rotatable bonds is 2. The van der Waals surface area contributed by atoms with E-state index in [4.69, 9.17) is 5.14 Å². The van der Waals surface area contributed by atoms with Gasteiger partial charge in [-0.25, -0.2) is 5.14 Å². The summed E-state index contributed by atoms with van der Waals surface area (Å²) in [4.78, 5) is 16.6. The van der Waals surface area contributed by atoms with Crippen LogP contribution in [0.4, 0.5) is 0 Å². The molecule has 0 aromatic heterocycles. The summed E-state index contributed by atoms with van der Waals surface area (Å²) in [6.45, 7) is 4.20. The Bertz CT molecular complexity index is 446. The van der Waals surface area contributed by atoms with Crippen molar-refractivity contribution >= 4 is 16.1 Å². The van der Waals surface area contributed by atoms with Crippen molar-refractivity contribution < 1.29 is 13.2 Å². The van der Waals surface area contributed by atoms with E-state index in [9.17, 15) is 13.2 Å². The molecule has 116 valence electrons. The van der Waals surface area contributed by atoms with E-state index >= 15 is 0 Å². The van der Waals surface area contributed by atoms with Gasteiger partial charge in [0.25, 0.3) is 10.2 Å². The van der Waals surface area contributed by atoms with Crippen molar-refractivity contribution in [2.45, 2.75) is 19.3 Å². The van der Waals surface area contributed by atoms with Crippen LogP contribution >= 0.6 is 0 Å². The lowest BCUT2D eigenvalue weighted by Crippen LogP contribution is -2.46. The first-order valence-electron chi connectivity index (χ1n) is 7.13. The summed E-state index contributed by atoms with van der Waals surface area (Å²) in [7, 11) is -1.54. The molecule has 0 aromatic carbocycles. The fraction of sp³-hybridized carbons (Fsp3) is 0.917. The molecule has 2 N–H and O–H groups in total. The van der Waals surface area contributed by atoms with Crippen molar-refractivity contribution in [3.05, 3.63) is 0 Å². The van der Waals surface area contributed by atoms with Crippen LogP contribution in [0.5, 0.6) is 0 Å². The predicted octanol–water partition coefficient (Wildman–Crippen LogP) is -0.934. The molecule has 2 aliphatic rings. The zero-order valence-electron chi connectivity index (χ0n) is 12.0. The van der Waals surface area contributed by atoms with Gasteiger partial charge >= 0.3 is 0 Å². The van der Waals surface area contributed by atoms with Crippen LogP contribution in [0.25, 0.3) is 0 Å². The summed E-state index contributed by atoms with van der Waals surface area (Å²) in [5.74, 6) is 0.116. The highest BCUT2D eigenvalue weighted by Crippen LogP contribution is 2.21. The van der Waals surface area contributed by atoms with E-state index < -0.39 is 10.2 Å². The van der Waals surface area contributed by atoms with Gasteiger partial charge in [-0.2, -0.15) is 12.7 Å². The van der Waals surface area contributed by atoms with Gasteiger partial charge in [0.2, 0.25) is 5.91 Å². The number of hydrogen-bond acceptors (Lipinski definition) is 4. The van der Waals surface area contributed by atoms with E-state index in [1.54, 1.807) is 0 Å². The standard InChI is InChI=1S/C12H24N4O3S/c1-14-5-2-6-15(10-9-14)12(17)11-3-7-16(8-4-11)20(13,18)19/h11H,2-10H2,1H3,(H2,13,18,19). The smallest absolute Gasteiger partial charge is 0.276 e. The number of carbonyl (C=O) groups excluding carboxylic acids is 1. The van der Waals surface area contributed by atoms with E-state index in [0.29, 0.717) is 25.9 Å². The van der Waals surface area contributed by atoms with Gasteiger partial charge in [-0.1, -0.05) is 0 Å². The first kappa shape index (κ1) is 15.7. The van der Waals surface area contributed by atoms with E-state index in [0.717, 1.165) is 32.6 Å². The minimum atomic E-state index is -3.61. The number of nitrogens with two attached hydrogens (primary N) is 1. The third-order valence-electron chi connectivity index (χ3n) is 4.19. The van der Waals surface area contributed by atoms with Gasteiger partial charge in [-0.05, 0) is 32.9 Å². The zero-order valence-corrected chi connectivity index (χ0v) is 12.8. The van der Waals surface area contributed by atoms with Gasteiger partial charge in [0.05, 0.1) is 0 Å². The molecule has 0 radical (unpaired) electrons. The Labute approximate surface area is 120 Å². The average Bonchev–Trinajstić information content (AvgIpc) is 2.62. The van der Waals surface area contributed by atoms with E-state index in [2.05, 4.69) is 11.9 Å². The van der Waals surface area contributed by atoms with Crippen LogP contribution in [-0.2, 0) is 15.0 Å². The van der Waals surface area contributed by atoms with Crippen LogP contribution in [0.15, 0.2) is 0 Å². The van der Waals surface area contributed by atoms with Crippen LogP contribution in [-0.4, -0.2) is 74.7 Å². The van der Waals surface area contributed by atoms with Crippen molar-refractivity contribution in [1.82, 2.24) is 14.1 Å². The molecule has 0 aliphatic carbocycles. The monoisotopic (exact) mass is 304 g/mol. The SMILES string of the molecule is CN1CCCN(C(=O)C2CCN(S(N)(=O)=O)CC2)CC1. The summed E-state index contributed by atoms with van der Waals surface area (Å²) in [5, 5.41) is 5.11. The molecule has 8 heteroatoms. The Kier molecular flexibility index (Phi) is 5.00. The molecule has 1 amide bonds. The van der Waals surface area contributed by atoms with Crippen LogP contribution in [0, 0.1) is 5.92 Å². The number of piperidine rings is 1. The van der Waals surface area contributed by atoms with Gasteiger partial charge in [0, 0.05) is 38.6 Å². The molecule has 2 aliphatic heterocycles. The van der Waals surface area contributed by atoms with E-state index in [1.807, 2.05) is 4.90 Å². The second-order valence-electron chi connectivity index (χ2n) is 5.70. The molecule has 0 bridgehead atoms. The molecule has 0 aromatic rings. The zero-order chi connectivity index (χ0) is 14.8. The maximum absolute atomic E-state index is 12.5.